The summed E-state index contributed by atoms with van der Waals surface area (Å²) in [6.45, 7) is 0. The summed E-state index contributed by atoms with van der Waals surface area (Å²) in [7, 11) is 0. The fourth-order valence-electron chi connectivity index (χ4n) is 2.41. The van der Waals surface area contributed by atoms with Crippen molar-refractivity contribution in [3.63, 3.8) is 0 Å². The number of carbonyl (C=O) groups is 2. The third-order valence-electron chi connectivity index (χ3n) is 3.67. The van der Waals surface area contributed by atoms with Crippen LogP contribution in [0.1, 0.15) is 23.6 Å². The van der Waals surface area contributed by atoms with Gasteiger partial charge in [0.1, 0.15) is 5.82 Å². The van der Waals surface area contributed by atoms with Crippen molar-refractivity contribution in [2.45, 2.75) is 18.9 Å². The summed E-state index contributed by atoms with van der Waals surface area (Å²) in [6.07, 6.45) is -0.109. The summed E-state index contributed by atoms with van der Waals surface area (Å²) < 4.78 is 13.2. The van der Waals surface area contributed by atoms with Gasteiger partial charge in [0, 0.05) is 6.42 Å². The van der Waals surface area contributed by atoms with Crippen molar-refractivity contribution in [3.8, 4) is 0 Å². The van der Waals surface area contributed by atoms with Gasteiger partial charge in [-0.05, 0) is 29.7 Å². The normalized spacial score (nSPS) is 13.3. The van der Waals surface area contributed by atoms with Crippen molar-refractivity contribution >= 4 is 11.8 Å². The van der Waals surface area contributed by atoms with Gasteiger partial charge in [0.2, 0.25) is 0 Å². The first kappa shape index (κ1) is 16.8. The maximum absolute atomic E-state index is 13.2. The predicted molar refractivity (Wildman–Crippen MR) is 84.2 cm³/mol. The highest BCUT2D eigenvalue weighted by atomic mass is 19.1. The number of carboxylic acids is 1. The Hall–Kier alpha value is -2.53. The van der Waals surface area contributed by atoms with Crippen LogP contribution in [0.15, 0.2) is 54.6 Å². The Labute approximate surface area is 133 Å². The molecule has 2 aromatic rings. The molecule has 2 atom stereocenters. The molecule has 0 aromatic heterocycles. The Morgan fingerprint density at radius 1 is 1.09 bits per heavy atom. The van der Waals surface area contributed by atoms with E-state index in [9.17, 15) is 19.1 Å². The Bertz CT molecular complexity index is 688. The molecular formula is C18H18FNO3. The van der Waals surface area contributed by atoms with E-state index in [1.165, 1.54) is 18.2 Å². The lowest BCUT2D eigenvalue weighted by atomic mass is 9.90. The molecule has 0 aliphatic heterocycles. The van der Waals surface area contributed by atoms with Crippen LogP contribution in [0.2, 0.25) is 0 Å². The van der Waals surface area contributed by atoms with Gasteiger partial charge in [0.05, 0.1) is 12.0 Å². The van der Waals surface area contributed by atoms with Crippen molar-refractivity contribution in [3.05, 3.63) is 71.5 Å². The zero-order valence-electron chi connectivity index (χ0n) is 12.5. The molecule has 4 nitrogen and oxygen atoms in total. The predicted octanol–water partition coefficient (Wildman–Crippen LogP) is 2.73. The van der Waals surface area contributed by atoms with E-state index >= 15 is 0 Å². The highest BCUT2D eigenvalue weighted by molar-refractivity contribution is 5.88. The first-order valence-electron chi connectivity index (χ1n) is 7.28. The molecule has 2 rings (SSSR count). The number of Topliss-reactive ketones (excluding diaryl/α,β-unsaturated/α-hetero) is 1. The highest BCUT2D eigenvalue weighted by Crippen LogP contribution is 2.19. The lowest BCUT2D eigenvalue weighted by Gasteiger charge is -2.15. The van der Waals surface area contributed by atoms with Crippen LogP contribution >= 0.6 is 0 Å². The van der Waals surface area contributed by atoms with Gasteiger partial charge in [-0.15, -0.1) is 0 Å². The smallest absolute Gasteiger partial charge is 0.307 e. The largest absolute Gasteiger partial charge is 0.481 e. The van der Waals surface area contributed by atoms with Gasteiger partial charge in [-0.1, -0.05) is 42.5 Å². The van der Waals surface area contributed by atoms with Crippen LogP contribution in [0, 0.1) is 11.7 Å². The third kappa shape index (κ3) is 4.72. The van der Waals surface area contributed by atoms with E-state index in [0.717, 1.165) is 0 Å². The van der Waals surface area contributed by atoms with Crippen molar-refractivity contribution < 1.29 is 19.1 Å². The van der Waals surface area contributed by atoms with E-state index in [-0.39, 0.29) is 18.6 Å². The van der Waals surface area contributed by atoms with Crippen LogP contribution in [0.4, 0.5) is 4.39 Å². The summed E-state index contributed by atoms with van der Waals surface area (Å²) in [5.74, 6) is -2.80. The van der Waals surface area contributed by atoms with E-state index in [1.807, 2.05) is 6.07 Å². The van der Waals surface area contributed by atoms with Gasteiger partial charge >= 0.3 is 5.97 Å². The molecule has 0 aliphatic rings. The third-order valence-corrected chi connectivity index (χ3v) is 3.67. The molecule has 0 spiro atoms. The number of nitrogens with two attached hydrogens (primary N) is 1. The molecule has 0 bridgehead atoms. The number of hydrogen-bond donors (Lipinski definition) is 2. The summed E-state index contributed by atoms with van der Waals surface area (Å²) in [6, 6.07) is 13.7. The van der Waals surface area contributed by atoms with Gasteiger partial charge < -0.3 is 10.8 Å². The van der Waals surface area contributed by atoms with Gasteiger partial charge in [-0.25, -0.2) is 4.39 Å². The summed E-state index contributed by atoms with van der Waals surface area (Å²) in [5, 5.41) is 9.32. The molecule has 23 heavy (non-hydrogen) atoms. The minimum Gasteiger partial charge on any atom is -0.481 e. The maximum Gasteiger partial charge on any atom is 0.307 e. The molecule has 2 aromatic carbocycles. The second-order valence-electron chi connectivity index (χ2n) is 5.43. The Morgan fingerprint density at radius 3 is 2.39 bits per heavy atom. The van der Waals surface area contributed by atoms with E-state index in [2.05, 4.69) is 0 Å². The number of aliphatic carboxylic acids is 1. The minimum absolute atomic E-state index is 0.0837. The average molecular weight is 315 g/mol. The zero-order valence-corrected chi connectivity index (χ0v) is 12.5. The van der Waals surface area contributed by atoms with Crippen LogP contribution in [-0.4, -0.2) is 16.9 Å². The van der Waals surface area contributed by atoms with Crippen molar-refractivity contribution in [1.82, 2.24) is 0 Å². The van der Waals surface area contributed by atoms with Gasteiger partial charge in [-0.3, -0.25) is 9.59 Å². The van der Waals surface area contributed by atoms with Gasteiger partial charge in [0.25, 0.3) is 0 Å². The first-order chi connectivity index (χ1) is 11.0. The number of rotatable bonds is 7. The second kappa shape index (κ2) is 7.65. The van der Waals surface area contributed by atoms with Crippen LogP contribution in [0.5, 0.6) is 0 Å². The number of carboxylic acid groups (broad SMARTS) is 1. The number of halogens is 1. The quantitative estimate of drug-likeness (QED) is 0.823. The zero-order chi connectivity index (χ0) is 16.8. The van der Waals surface area contributed by atoms with Gasteiger partial charge in [0.15, 0.2) is 5.78 Å². The standard InChI is InChI=1S/C18H18FNO3/c19-15-8-4-5-12(10-15)9-14(18(22)23)11-16(21)17(20)13-6-2-1-3-7-13/h1-8,10,14,17H,9,11,20H2,(H,22,23)/t14-,17-/m0/s1. The molecule has 0 heterocycles. The topological polar surface area (TPSA) is 80.4 Å². The molecular weight excluding hydrogens is 297 g/mol. The lowest BCUT2D eigenvalue weighted by molar-refractivity contribution is -0.143. The second-order valence-corrected chi connectivity index (χ2v) is 5.43. The fourth-order valence-corrected chi connectivity index (χ4v) is 2.41. The minimum atomic E-state index is -1.09. The average Bonchev–Trinajstić information content (AvgIpc) is 2.54. The highest BCUT2D eigenvalue weighted by Gasteiger charge is 2.25. The molecule has 120 valence electrons. The number of hydrogen-bond acceptors (Lipinski definition) is 3. The van der Waals surface area contributed by atoms with Crippen molar-refractivity contribution in [2.75, 3.05) is 0 Å². The Balaban J connectivity index is 2.07. The number of benzene rings is 2. The molecule has 0 fully saturated rings. The number of carbonyl (C=O) groups excluding carboxylic acids is 1. The maximum atomic E-state index is 13.2. The van der Waals surface area contributed by atoms with Crippen LogP contribution in [-0.2, 0) is 16.0 Å². The molecule has 0 saturated carbocycles. The SMILES string of the molecule is N[C@H](C(=O)C[C@H](Cc1cccc(F)c1)C(=O)O)c1ccccc1. The van der Waals surface area contributed by atoms with E-state index in [1.54, 1.807) is 30.3 Å². The molecule has 0 amide bonds. The van der Waals surface area contributed by atoms with E-state index in [4.69, 9.17) is 5.73 Å². The van der Waals surface area contributed by atoms with Crippen LogP contribution in [0.3, 0.4) is 0 Å². The van der Waals surface area contributed by atoms with Crippen LogP contribution < -0.4 is 5.73 Å². The van der Waals surface area contributed by atoms with Crippen molar-refractivity contribution in [1.29, 1.82) is 0 Å². The Kier molecular flexibility index (Phi) is 5.60. The number of ketones is 1. The molecule has 0 radical (unpaired) electrons. The van der Waals surface area contributed by atoms with E-state index < -0.39 is 23.7 Å². The lowest BCUT2D eigenvalue weighted by Crippen LogP contribution is -2.27. The molecule has 0 unspecified atom stereocenters. The Morgan fingerprint density at radius 2 is 1.78 bits per heavy atom. The summed E-state index contributed by atoms with van der Waals surface area (Å²) in [4.78, 5) is 23.6. The first-order valence-corrected chi connectivity index (χ1v) is 7.28. The molecule has 0 saturated heterocycles. The molecule has 0 aliphatic carbocycles. The monoisotopic (exact) mass is 315 g/mol. The summed E-state index contributed by atoms with van der Waals surface area (Å²) >= 11 is 0. The molecule has 3 N–H and O–H groups in total. The van der Waals surface area contributed by atoms with Gasteiger partial charge in [-0.2, -0.15) is 0 Å². The molecule has 5 heteroatoms. The van der Waals surface area contributed by atoms with Crippen molar-refractivity contribution in [2.24, 2.45) is 11.7 Å². The van der Waals surface area contributed by atoms with E-state index in [0.29, 0.717) is 11.1 Å². The fraction of sp³-hybridized carbons (Fsp3) is 0.222. The summed E-state index contributed by atoms with van der Waals surface area (Å²) in [5.41, 5.74) is 7.09. The van der Waals surface area contributed by atoms with Crippen LogP contribution in [0.25, 0.3) is 0 Å².